The summed E-state index contributed by atoms with van der Waals surface area (Å²) >= 11 is 0. The third kappa shape index (κ3) is 4.44. The van der Waals surface area contributed by atoms with Gasteiger partial charge in [-0.05, 0) is 17.2 Å². The zero-order valence-electron chi connectivity index (χ0n) is 16.8. The first-order valence-corrected chi connectivity index (χ1v) is 9.91. The summed E-state index contributed by atoms with van der Waals surface area (Å²) < 4.78 is 21.9. The number of hydrogen-bond acceptors (Lipinski definition) is 7. The highest BCUT2D eigenvalue weighted by atomic mass is 16.7. The van der Waals surface area contributed by atoms with Gasteiger partial charge >= 0.3 is 6.09 Å². The minimum absolute atomic E-state index is 0.0632. The third-order valence-electron chi connectivity index (χ3n) is 5.25. The molecular formula is C22H24N2O6. The quantitative estimate of drug-likeness (QED) is 0.746. The summed E-state index contributed by atoms with van der Waals surface area (Å²) in [7, 11) is 1.52. The van der Waals surface area contributed by atoms with Crippen molar-refractivity contribution in [2.75, 3.05) is 33.4 Å². The van der Waals surface area contributed by atoms with E-state index in [-0.39, 0.29) is 25.4 Å². The van der Waals surface area contributed by atoms with E-state index in [1.165, 1.54) is 7.11 Å². The Morgan fingerprint density at radius 2 is 2.00 bits per heavy atom. The lowest BCUT2D eigenvalue weighted by molar-refractivity contribution is -0.122. The molecular weight excluding hydrogens is 388 g/mol. The third-order valence-corrected chi connectivity index (χ3v) is 5.25. The number of nitrogens with zero attached hydrogens (tertiary/aromatic N) is 2. The summed E-state index contributed by atoms with van der Waals surface area (Å²) in [5.41, 5.74) is 2.26. The molecule has 158 valence electrons. The monoisotopic (exact) mass is 412 g/mol. The highest BCUT2D eigenvalue weighted by Crippen LogP contribution is 2.33. The normalized spacial score (nSPS) is 19.7. The van der Waals surface area contributed by atoms with Gasteiger partial charge in [0.25, 0.3) is 0 Å². The molecule has 1 aromatic carbocycles. The smallest absolute Gasteiger partial charge is 0.410 e. The molecule has 4 rings (SSSR count). The summed E-state index contributed by atoms with van der Waals surface area (Å²) in [4.78, 5) is 31.1. The van der Waals surface area contributed by atoms with E-state index in [2.05, 4.69) is 4.98 Å². The standard InChI is InChI=1S/C22H24N2O6/c1-27-20-17(21-28-9-10-29-21)11-16(12-23-20)18-13-24(8-7-19(18)25)22(26)30-14-15-5-3-2-4-6-15/h2-6,11-12,18,21H,7-10,13-14H2,1H3. The number of piperidine rings is 1. The minimum atomic E-state index is -0.571. The van der Waals surface area contributed by atoms with Gasteiger partial charge in [0.2, 0.25) is 5.88 Å². The first kappa shape index (κ1) is 20.3. The van der Waals surface area contributed by atoms with E-state index in [1.807, 2.05) is 36.4 Å². The van der Waals surface area contributed by atoms with Gasteiger partial charge in [0.1, 0.15) is 12.4 Å². The number of ketones is 1. The van der Waals surface area contributed by atoms with Crippen LogP contribution in [-0.2, 0) is 25.6 Å². The molecule has 0 saturated carbocycles. The number of likely N-dealkylation sites (tertiary alicyclic amines) is 1. The van der Waals surface area contributed by atoms with Crippen molar-refractivity contribution in [3.63, 3.8) is 0 Å². The molecule has 0 bridgehead atoms. The number of carbonyl (C=O) groups is 2. The number of pyridine rings is 1. The number of amides is 1. The molecule has 3 heterocycles. The van der Waals surface area contributed by atoms with E-state index in [0.717, 1.165) is 5.56 Å². The topological polar surface area (TPSA) is 87.2 Å². The van der Waals surface area contributed by atoms with Crippen LogP contribution in [0.4, 0.5) is 4.79 Å². The first-order valence-electron chi connectivity index (χ1n) is 9.91. The lowest BCUT2D eigenvalue weighted by Crippen LogP contribution is -2.43. The summed E-state index contributed by atoms with van der Waals surface area (Å²) in [6, 6.07) is 11.3. The number of methoxy groups -OCH3 is 1. The number of aromatic nitrogens is 1. The van der Waals surface area contributed by atoms with Crippen molar-refractivity contribution in [3.8, 4) is 5.88 Å². The van der Waals surface area contributed by atoms with E-state index >= 15 is 0 Å². The molecule has 1 unspecified atom stereocenters. The van der Waals surface area contributed by atoms with Crippen LogP contribution in [0.15, 0.2) is 42.6 Å². The number of hydrogen-bond donors (Lipinski definition) is 0. The average molecular weight is 412 g/mol. The second-order valence-electron chi connectivity index (χ2n) is 7.20. The van der Waals surface area contributed by atoms with Gasteiger partial charge in [0.05, 0.1) is 31.8 Å². The molecule has 2 aliphatic rings. The molecule has 8 heteroatoms. The van der Waals surface area contributed by atoms with Gasteiger partial charge in [-0.3, -0.25) is 4.79 Å². The van der Waals surface area contributed by atoms with E-state index < -0.39 is 18.3 Å². The van der Waals surface area contributed by atoms with E-state index in [9.17, 15) is 9.59 Å². The van der Waals surface area contributed by atoms with E-state index in [0.29, 0.717) is 36.8 Å². The summed E-state index contributed by atoms with van der Waals surface area (Å²) in [6.45, 7) is 1.75. The number of carbonyl (C=O) groups excluding carboxylic acids is 2. The Labute approximate surface area is 174 Å². The number of rotatable bonds is 5. The largest absolute Gasteiger partial charge is 0.481 e. The van der Waals surface area contributed by atoms with Crippen LogP contribution in [0.2, 0.25) is 0 Å². The van der Waals surface area contributed by atoms with Crippen molar-refractivity contribution in [1.82, 2.24) is 9.88 Å². The molecule has 1 aromatic heterocycles. The van der Waals surface area contributed by atoms with Crippen LogP contribution in [0, 0.1) is 0 Å². The van der Waals surface area contributed by atoms with Crippen LogP contribution in [0.1, 0.15) is 35.3 Å². The van der Waals surface area contributed by atoms with Crippen LogP contribution in [0.3, 0.4) is 0 Å². The minimum Gasteiger partial charge on any atom is -0.481 e. The number of Topliss-reactive ketones (excluding diaryl/α,β-unsaturated/α-hetero) is 1. The molecule has 1 amide bonds. The van der Waals surface area contributed by atoms with Gasteiger partial charge < -0.3 is 23.8 Å². The molecule has 0 N–H and O–H groups in total. The van der Waals surface area contributed by atoms with Crippen molar-refractivity contribution in [2.45, 2.75) is 25.2 Å². The van der Waals surface area contributed by atoms with Crippen molar-refractivity contribution in [1.29, 1.82) is 0 Å². The summed E-state index contributed by atoms with van der Waals surface area (Å²) in [5, 5.41) is 0. The second-order valence-corrected chi connectivity index (χ2v) is 7.20. The second kappa shape index (κ2) is 9.23. The fourth-order valence-electron chi connectivity index (χ4n) is 3.65. The van der Waals surface area contributed by atoms with Crippen LogP contribution in [-0.4, -0.2) is 55.2 Å². The Hall–Kier alpha value is -2.97. The van der Waals surface area contributed by atoms with Gasteiger partial charge in [-0.2, -0.15) is 0 Å². The van der Waals surface area contributed by atoms with Gasteiger partial charge in [0, 0.05) is 25.7 Å². The molecule has 2 saturated heterocycles. The van der Waals surface area contributed by atoms with Crippen molar-refractivity contribution in [2.24, 2.45) is 0 Å². The Morgan fingerprint density at radius 3 is 2.73 bits per heavy atom. The first-order chi connectivity index (χ1) is 14.7. The molecule has 30 heavy (non-hydrogen) atoms. The molecule has 0 spiro atoms. The molecule has 2 aliphatic heterocycles. The molecule has 0 aliphatic carbocycles. The zero-order chi connectivity index (χ0) is 20.9. The predicted molar refractivity (Wildman–Crippen MR) is 106 cm³/mol. The zero-order valence-corrected chi connectivity index (χ0v) is 16.8. The van der Waals surface area contributed by atoms with Gasteiger partial charge in [-0.25, -0.2) is 9.78 Å². The maximum absolute atomic E-state index is 12.6. The highest BCUT2D eigenvalue weighted by molar-refractivity contribution is 5.88. The van der Waals surface area contributed by atoms with Gasteiger partial charge in [0.15, 0.2) is 6.29 Å². The lowest BCUT2D eigenvalue weighted by atomic mass is 9.90. The van der Waals surface area contributed by atoms with Gasteiger partial charge in [-0.15, -0.1) is 0 Å². The maximum Gasteiger partial charge on any atom is 0.410 e. The molecule has 8 nitrogen and oxygen atoms in total. The molecule has 0 radical (unpaired) electrons. The van der Waals surface area contributed by atoms with Crippen molar-refractivity contribution in [3.05, 3.63) is 59.3 Å². The number of ether oxygens (including phenoxy) is 4. The molecule has 2 aromatic rings. The van der Waals surface area contributed by atoms with Crippen LogP contribution in [0.5, 0.6) is 5.88 Å². The highest BCUT2D eigenvalue weighted by Gasteiger charge is 2.33. The van der Waals surface area contributed by atoms with E-state index in [4.69, 9.17) is 18.9 Å². The van der Waals surface area contributed by atoms with Crippen molar-refractivity contribution >= 4 is 11.9 Å². The Bertz CT molecular complexity index is 898. The predicted octanol–water partition coefficient (Wildman–Crippen LogP) is 2.83. The Kier molecular flexibility index (Phi) is 6.25. The summed E-state index contributed by atoms with van der Waals surface area (Å²) in [5.74, 6) is -0.0251. The summed E-state index contributed by atoms with van der Waals surface area (Å²) in [6.07, 6.45) is 0.875. The fourth-order valence-corrected chi connectivity index (χ4v) is 3.65. The SMILES string of the molecule is COc1ncc(C2CN(C(=O)OCc3ccccc3)CCC2=O)cc1C1OCCO1. The lowest BCUT2D eigenvalue weighted by Gasteiger charge is -2.31. The van der Waals surface area contributed by atoms with Crippen LogP contribution < -0.4 is 4.74 Å². The number of benzene rings is 1. The average Bonchev–Trinajstić information content (AvgIpc) is 3.33. The Morgan fingerprint density at radius 1 is 1.23 bits per heavy atom. The molecule has 1 atom stereocenters. The van der Waals surface area contributed by atoms with Gasteiger partial charge in [-0.1, -0.05) is 30.3 Å². The van der Waals surface area contributed by atoms with Crippen LogP contribution >= 0.6 is 0 Å². The fraction of sp³-hybridized carbons (Fsp3) is 0.409. The van der Waals surface area contributed by atoms with Crippen LogP contribution in [0.25, 0.3) is 0 Å². The van der Waals surface area contributed by atoms with Crippen molar-refractivity contribution < 1.29 is 28.5 Å². The maximum atomic E-state index is 12.6. The van der Waals surface area contributed by atoms with E-state index in [1.54, 1.807) is 11.1 Å². The molecule has 2 fully saturated rings. The Balaban J connectivity index is 1.47.